The van der Waals surface area contributed by atoms with Crippen molar-refractivity contribution in [1.29, 1.82) is 0 Å². The SMILES string of the molecule is CC(C)(C)NC(=O)CNc1c(Cl)cc(Cl)cc1Cl. The highest BCUT2D eigenvalue weighted by Gasteiger charge is 2.14. The van der Waals surface area contributed by atoms with Gasteiger partial charge in [0.05, 0.1) is 22.3 Å². The summed E-state index contributed by atoms with van der Waals surface area (Å²) < 4.78 is 0. The van der Waals surface area contributed by atoms with E-state index in [0.29, 0.717) is 20.8 Å². The van der Waals surface area contributed by atoms with Crippen LogP contribution in [0, 0.1) is 0 Å². The Labute approximate surface area is 122 Å². The average molecular weight is 310 g/mol. The molecule has 2 N–H and O–H groups in total. The lowest BCUT2D eigenvalue weighted by atomic mass is 10.1. The third kappa shape index (κ3) is 4.92. The first-order valence-corrected chi connectivity index (χ1v) is 6.52. The maximum absolute atomic E-state index is 11.6. The molecule has 18 heavy (non-hydrogen) atoms. The third-order valence-corrected chi connectivity index (χ3v) is 2.76. The number of nitrogens with one attached hydrogen (secondary N) is 2. The minimum Gasteiger partial charge on any atom is -0.374 e. The molecule has 0 fully saturated rings. The summed E-state index contributed by atoms with van der Waals surface area (Å²) in [6.45, 7) is 5.83. The highest BCUT2D eigenvalue weighted by Crippen LogP contribution is 2.33. The molecule has 1 aromatic carbocycles. The van der Waals surface area contributed by atoms with Crippen molar-refractivity contribution in [3.63, 3.8) is 0 Å². The van der Waals surface area contributed by atoms with E-state index in [1.807, 2.05) is 20.8 Å². The second-order valence-corrected chi connectivity index (χ2v) is 6.15. The fourth-order valence-electron chi connectivity index (χ4n) is 1.34. The van der Waals surface area contributed by atoms with Gasteiger partial charge in [-0.3, -0.25) is 4.79 Å². The summed E-state index contributed by atoms with van der Waals surface area (Å²) in [6.07, 6.45) is 0. The Hall–Kier alpha value is -0.640. The fraction of sp³-hybridized carbons (Fsp3) is 0.417. The highest BCUT2D eigenvalue weighted by molar-refractivity contribution is 6.41. The zero-order valence-corrected chi connectivity index (χ0v) is 12.7. The van der Waals surface area contributed by atoms with Crippen molar-refractivity contribution < 1.29 is 4.79 Å². The number of anilines is 1. The Balaban J connectivity index is 2.67. The monoisotopic (exact) mass is 308 g/mol. The van der Waals surface area contributed by atoms with Crippen LogP contribution in [0.15, 0.2) is 12.1 Å². The normalized spacial score (nSPS) is 11.2. The molecule has 0 aromatic heterocycles. The fourth-order valence-corrected chi connectivity index (χ4v) is 2.29. The predicted molar refractivity (Wildman–Crippen MR) is 77.9 cm³/mol. The second kappa shape index (κ2) is 6.00. The van der Waals surface area contributed by atoms with Gasteiger partial charge in [0.1, 0.15) is 0 Å². The van der Waals surface area contributed by atoms with Crippen molar-refractivity contribution in [3.05, 3.63) is 27.2 Å². The minimum absolute atomic E-state index is 0.0956. The molecule has 3 nitrogen and oxygen atoms in total. The molecule has 0 atom stereocenters. The molecule has 1 amide bonds. The van der Waals surface area contributed by atoms with Crippen LogP contribution >= 0.6 is 34.8 Å². The van der Waals surface area contributed by atoms with E-state index in [-0.39, 0.29) is 18.0 Å². The van der Waals surface area contributed by atoms with E-state index in [4.69, 9.17) is 34.8 Å². The summed E-state index contributed by atoms with van der Waals surface area (Å²) in [5.41, 5.74) is 0.235. The molecule has 100 valence electrons. The van der Waals surface area contributed by atoms with Gasteiger partial charge < -0.3 is 10.6 Å². The number of halogens is 3. The van der Waals surface area contributed by atoms with Crippen LogP contribution in [0.1, 0.15) is 20.8 Å². The molecule has 0 bridgehead atoms. The number of hydrogen-bond donors (Lipinski definition) is 2. The van der Waals surface area contributed by atoms with Gasteiger partial charge >= 0.3 is 0 Å². The van der Waals surface area contributed by atoms with Crippen molar-refractivity contribution in [2.75, 3.05) is 11.9 Å². The molecular formula is C12H15Cl3N2O. The maximum atomic E-state index is 11.6. The van der Waals surface area contributed by atoms with Gasteiger partial charge in [0.25, 0.3) is 0 Å². The van der Waals surface area contributed by atoms with E-state index < -0.39 is 0 Å². The Morgan fingerprint density at radius 1 is 1.17 bits per heavy atom. The lowest BCUT2D eigenvalue weighted by Crippen LogP contribution is -2.43. The van der Waals surface area contributed by atoms with Gasteiger partial charge in [-0.05, 0) is 32.9 Å². The van der Waals surface area contributed by atoms with Gasteiger partial charge in [0.2, 0.25) is 5.91 Å². The summed E-state index contributed by atoms with van der Waals surface area (Å²) in [5.74, 6) is -0.135. The van der Waals surface area contributed by atoms with Crippen LogP contribution in [0.3, 0.4) is 0 Å². The van der Waals surface area contributed by atoms with Crippen molar-refractivity contribution >= 4 is 46.4 Å². The van der Waals surface area contributed by atoms with Crippen molar-refractivity contribution in [2.45, 2.75) is 26.3 Å². The van der Waals surface area contributed by atoms with E-state index in [1.165, 1.54) is 0 Å². The Kier molecular flexibility index (Phi) is 5.14. The van der Waals surface area contributed by atoms with E-state index in [9.17, 15) is 4.79 Å². The summed E-state index contributed by atoms with van der Waals surface area (Å²) in [7, 11) is 0. The summed E-state index contributed by atoms with van der Waals surface area (Å²) in [6, 6.07) is 3.14. The van der Waals surface area contributed by atoms with Gasteiger partial charge in [-0.25, -0.2) is 0 Å². The molecule has 0 heterocycles. The van der Waals surface area contributed by atoms with Gasteiger partial charge in [-0.2, -0.15) is 0 Å². The zero-order chi connectivity index (χ0) is 13.9. The maximum Gasteiger partial charge on any atom is 0.239 e. The van der Waals surface area contributed by atoms with E-state index in [0.717, 1.165) is 0 Å². The van der Waals surface area contributed by atoms with Crippen LogP contribution in [0.2, 0.25) is 15.1 Å². The molecule has 0 saturated heterocycles. The van der Waals surface area contributed by atoms with Crippen LogP contribution in [-0.4, -0.2) is 18.0 Å². The predicted octanol–water partition coefficient (Wildman–Crippen LogP) is 3.97. The van der Waals surface area contributed by atoms with Crippen molar-refractivity contribution in [1.82, 2.24) is 5.32 Å². The zero-order valence-electron chi connectivity index (χ0n) is 10.4. The molecule has 0 saturated carbocycles. The van der Waals surface area contributed by atoms with E-state index in [1.54, 1.807) is 12.1 Å². The summed E-state index contributed by atoms with van der Waals surface area (Å²) in [4.78, 5) is 11.6. The van der Waals surface area contributed by atoms with Crippen LogP contribution in [0.4, 0.5) is 5.69 Å². The quantitative estimate of drug-likeness (QED) is 0.887. The molecular weight excluding hydrogens is 295 g/mol. The number of rotatable bonds is 3. The first-order chi connectivity index (χ1) is 8.19. The van der Waals surface area contributed by atoms with Gasteiger partial charge in [0, 0.05) is 10.6 Å². The number of amides is 1. The molecule has 1 rings (SSSR count). The van der Waals surface area contributed by atoms with E-state index in [2.05, 4.69) is 10.6 Å². The van der Waals surface area contributed by atoms with Crippen LogP contribution in [0.5, 0.6) is 0 Å². The Bertz CT molecular complexity index is 432. The van der Waals surface area contributed by atoms with Crippen molar-refractivity contribution in [2.24, 2.45) is 0 Å². The molecule has 0 radical (unpaired) electrons. The molecule has 0 aliphatic carbocycles. The standard InChI is InChI=1S/C12H15Cl3N2O/c1-12(2,3)17-10(18)6-16-11-8(14)4-7(13)5-9(11)15/h4-5,16H,6H2,1-3H3,(H,17,18). The largest absolute Gasteiger partial charge is 0.374 e. The average Bonchev–Trinajstić information content (AvgIpc) is 2.12. The van der Waals surface area contributed by atoms with Gasteiger partial charge in [-0.1, -0.05) is 34.8 Å². The molecule has 0 spiro atoms. The molecule has 0 aliphatic rings. The Morgan fingerprint density at radius 3 is 2.11 bits per heavy atom. The number of carbonyl (C=O) groups excluding carboxylic acids is 1. The van der Waals surface area contributed by atoms with Crippen LogP contribution in [0.25, 0.3) is 0 Å². The highest BCUT2D eigenvalue weighted by atomic mass is 35.5. The molecule has 0 unspecified atom stereocenters. The molecule has 6 heteroatoms. The molecule has 1 aromatic rings. The third-order valence-electron chi connectivity index (χ3n) is 1.95. The number of hydrogen-bond acceptors (Lipinski definition) is 2. The second-order valence-electron chi connectivity index (χ2n) is 4.90. The lowest BCUT2D eigenvalue weighted by Gasteiger charge is -2.21. The first-order valence-electron chi connectivity index (χ1n) is 5.38. The number of carbonyl (C=O) groups is 1. The minimum atomic E-state index is -0.271. The Morgan fingerprint density at radius 2 is 1.67 bits per heavy atom. The van der Waals surface area contributed by atoms with E-state index >= 15 is 0 Å². The summed E-state index contributed by atoms with van der Waals surface area (Å²) in [5, 5.41) is 6.95. The molecule has 0 aliphatic heterocycles. The van der Waals surface area contributed by atoms with Crippen LogP contribution < -0.4 is 10.6 Å². The number of benzene rings is 1. The lowest BCUT2D eigenvalue weighted by molar-refractivity contribution is -0.120. The summed E-state index contributed by atoms with van der Waals surface area (Å²) >= 11 is 17.8. The van der Waals surface area contributed by atoms with Gasteiger partial charge in [-0.15, -0.1) is 0 Å². The van der Waals surface area contributed by atoms with Gasteiger partial charge in [0.15, 0.2) is 0 Å². The topological polar surface area (TPSA) is 41.1 Å². The van der Waals surface area contributed by atoms with Crippen LogP contribution in [-0.2, 0) is 4.79 Å². The van der Waals surface area contributed by atoms with Crippen molar-refractivity contribution in [3.8, 4) is 0 Å². The smallest absolute Gasteiger partial charge is 0.239 e. The first kappa shape index (κ1) is 15.4.